The van der Waals surface area contributed by atoms with Crippen LogP contribution in [0.3, 0.4) is 0 Å². The lowest BCUT2D eigenvalue weighted by atomic mass is 9.97. The molecule has 36 heavy (non-hydrogen) atoms. The number of carbonyl (C=O) groups excluding carboxylic acids is 2. The maximum Gasteiger partial charge on any atom is 0.319 e. The lowest BCUT2D eigenvalue weighted by molar-refractivity contribution is -0.117. The molecule has 1 fully saturated rings. The smallest absolute Gasteiger partial charge is 0.319 e. The number of aryl methyl sites for hydroxylation is 1. The summed E-state index contributed by atoms with van der Waals surface area (Å²) in [5.41, 5.74) is 2.26. The van der Waals surface area contributed by atoms with Crippen LogP contribution in [0.4, 0.5) is 25.1 Å². The number of aromatic nitrogens is 2. The van der Waals surface area contributed by atoms with Gasteiger partial charge in [0, 0.05) is 24.1 Å². The van der Waals surface area contributed by atoms with Crippen LogP contribution in [0, 0.1) is 18.7 Å². The second-order valence-electron chi connectivity index (χ2n) is 9.63. The number of amides is 3. The van der Waals surface area contributed by atoms with Crippen molar-refractivity contribution in [2.24, 2.45) is 5.92 Å². The molecule has 1 saturated carbocycles. The number of nitrogens with zero attached hydrogens (tertiary/aromatic N) is 2. The Kier molecular flexibility index (Phi) is 7.28. The number of hydrogen-bond donors (Lipinski definition) is 3. The molecule has 0 atom stereocenters. The van der Waals surface area contributed by atoms with Crippen LogP contribution >= 0.6 is 0 Å². The van der Waals surface area contributed by atoms with Gasteiger partial charge < -0.3 is 16.0 Å². The minimum atomic E-state index is -1.41. The van der Waals surface area contributed by atoms with Crippen molar-refractivity contribution in [1.82, 2.24) is 15.3 Å². The fraction of sp³-hybridized carbons (Fsp3) is 0.333. The minimum absolute atomic E-state index is 0.0186. The Bertz CT molecular complexity index is 1290. The highest BCUT2D eigenvalue weighted by molar-refractivity contribution is 5.93. The highest BCUT2D eigenvalue weighted by Gasteiger charge is 2.29. The Balaban J connectivity index is 1.54. The van der Waals surface area contributed by atoms with Gasteiger partial charge in [-0.05, 0) is 74.9 Å². The molecule has 0 saturated heterocycles. The maximum atomic E-state index is 14.6. The molecule has 1 heterocycles. The van der Waals surface area contributed by atoms with E-state index in [1.807, 2.05) is 24.3 Å². The van der Waals surface area contributed by atoms with E-state index in [1.165, 1.54) is 26.2 Å². The third-order valence-corrected chi connectivity index (χ3v) is 5.90. The van der Waals surface area contributed by atoms with E-state index in [4.69, 9.17) is 0 Å². The molecule has 9 heteroatoms. The van der Waals surface area contributed by atoms with Crippen LogP contribution in [0.2, 0.25) is 0 Å². The lowest BCUT2D eigenvalue weighted by Crippen LogP contribution is -2.32. The van der Waals surface area contributed by atoms with Gasteiger partial charge in [0.15, 0.2) is 0 Å². The monoisotopic (exact) mass is 493 g/mol. The molecular weight excluding hydrogens is 464 g/mol. The second-order valence-corrected chi connectivity index (χ2v) is 9.63. The summed E-state index contributed by atoms with van der Waals surface area (Å²) in [5.74, 6) is -0.101. The summed E-state index contributed by atoms with van der Waals surface area (Å²) in [4.78, 5) is 32.8. The summed E-state index contributed by atoms with van der Waals surface area (Å²) < 4.78 is 28.2. The molecule has 0 bridgehead atoms. The van der Waals surface area contributed by atoms with Gasteiger partial charge >= 0.3 is 6.03 Å². The van der Waals surface area contributed by atoms with Gasteiger partial charge in [-0.3, -0.25) is 4.79 Å². The number of halogens is 2. The third-order valence-electron chi connectivity index (χ3n) is 5.90. The fourth-order valence-corrected chi connectivity index (χ4v) is 3.72. The van der Waals surface area contributed by atoms with E-state index < -0.39 is 17.5 Å². The molecule has 4 rings (SSSR count). The molecule has 3 N–H and O–H groups in total. The first-order valence-electron chi connectivity index (χ1n) is 11.9. The zero-order chi connectivity index (χ0) is 25.9. The molecule has 0 radical (unpaired) electrons. The Hall–Kier alpha value is -3.88. The summed E-state index contributed by atoms with van der Waals surface area (Å²) in [5, 5.41) is 7.88. The van der Waals surface area contributed by atoms with Gasteiger partial charge in [0.05, 0.1) is 11.4 Å². The highest BCUT2D eigenvalue weighted by Crippen LogP contribution is 2.32. The lowest BCUT2D eigenvalue weighted by Gasteiger charge is -2.16. The van der Waals surface area contributed by atoms with Crippen molar-refractivity contribution in [3.05, 3.63) is 60.2 Å². The van der Waals surface area contributed by atoms with Gasteiger partial charge in [0.2, 0.25) is 5.91 Å². The van der Waals surface area contributed by atoms with Crippen molar-refractivity contribution in [1.29, 1.82) is 0 Å². The van der Waals surface area contributed by atoms with E-state index in [1.54, 1.807) is 19.1 Å². The Morgan fingerprint density at radius 3 is 2.53 bits per heavy atom. The number of urea groups is 1. The number of nitrogens with one attached hydrogen (secondary N) is 3. The molecular formula is C27H29F2N5O2. The van der Waals surface area contributed by atoms with Crippen LogP contribution < -0.4 is 16.0 Å². The molecule has 2 aromatic carbocycles. The number of carbonyl (C=O) groups is 2. The maximum absolute atomic E-state index is 14.6. The van der Waals surface area contributed by atoms with Gasteiger partial charge in [-0.1, -0.05) is 18.2 Å². The number of benzene rings is 2. The summed E-state index contributed by atoms with van der Waals surface area (Å²) >= 11 is 0. The number of anilines is 2. The average molecular weight is 494 g/mol. The third kappa shape index (κ3) is 6.62. The van der Waals surface area contributed by atoms with E-state index in [-0.39, 0.29) is 30.5 Å². The molecule has 0 spiro atoms. The Morgan fingerprint density at radius 2 is 1.81 bits per heavy atom. The van der Waals surface area contributed by atoms with Crippen LogP contribution in [0.1, 0.15) is 38.7 Å². The van der Waals surface area contributed by atoms with Gasteiger partial charge in [-0.25, -0.2) is 23.5 Å². The van der Waals surface area contributed by atoms with Crippen LogP contribution in [0.15, 0.2) is 48.8 Å². The molecule has 1 aromatic heterocycles. The van der Waals surface area contributed by atoms with Crippen LogP contribution in [0.5, 0.6) is 0 Å². The Labute approximate surface area is 208 Å². The van der Waals surface area contributed by atoms with E-state index in [2.05, 4.69) is 25.9 Å². The number of rotatable bonds is 8. The van der Waals surface area contributed by atoms with Gasteiger partial charge in [-0.15, -0.1) is 0 Å². The van der Waals surface area contributed by atoms with Crippen molar-refractivity contribution in [3.63, 3.8) is 0 Å². The quantitative estimate of drug-likeness (QED) is 0.366. The Morgan fingerprint density at radius 1 is 1.06 bits per heavy atom. The summed E-state index contributed by atoms with van der Waals surface area (Å²) in [6.07, 6.45) is 3.34. The van der Waals surface area contributed by atoms with E-state index in [0.717, 1.165) is 29.5 Å². The normalized spacial score (nSPS) is 13.2. The van der Waals surface area contributed by atoms with Crippen molar-refractivity contribution in [3.8, 4) is 22.4 Å². The summed E-state index contributed by atoms with van der Waals surface area (Å²) in [7, 11) is 0. The first kappa shape index (κ1) is 25.2. The standard InChI is InChI=1S/C27H29F2N5O2/c1-16-11-21(28)23(33-26(36)30-10-9-27(2,3)29)13-20(16)18-5-4-6-19(12-18)22-14-24(32-15-31-22)34-25(35)17-7-8-17/h4-6,11-15,17H,7-10H2,1-3H3,(H2,30,33,36)(H,31,32,34,35). The fourth-order valence-electron chi connectivity index (χ4n) is 3.72. The topological polar surface area (TPSA) is 96.0 Å². The zero-order valence-corrected chi connectivity index (χ0v) is 20.5. The van der Waals surface area contributed by atoms with Crippen molar-refractivity contribution in [2.45, 2.75) is 45.7 Å². The first-order chi connectivity index (χ1) is 17.1. The largest absolute Gasteiger partial charge is 0.338 e. The van der Waals surface area contributed by atoms with Gasteiger partial charge in [-0.2, -0.15) is 0 Å². The van der Waals surface area contributed by atoms with E-state index in [9.17, 15) is 18.4 Å². The van der Waals surface area contributed by atoms with Crippen LogP contribution in [-0.2, 0) is 4.79 Å². The SMILES string of the molecule is Cc1cc(F)c(NC(=O)NCCC(C)(C)F)cc1-c1cccc(-c2cc(NC(=O)C3CC3)ncn2)c1. The average Bonchev–Trinajstić information content (AvgIpc) is 3.66. The zero-order valence-electron chi connectivity index (χ0n) is 20.5. The van der Waals surface area contributed by atoms with Crippen molar-refractivity contribution in [2.75, 3.05) is 17.2 Å². The molecule has 7 nitrogen and oxygen atoms in total. The van der Waals surface area contributed by atoms with Crippen LogP contribution in [-0.4, -0.2) is 34.1 Å². The number of alkyl halides is 1. The predicted molar refractivity (Wildman–Crippen MR) is 136 cm³/mol. The summed E-state index contributed by atoms with van der Waals surface area (Å²) in [6, 6.07) is 11.6. The van der Waals surface area contributed by atoms with E-state index >= 15 is 0 Å². The summed E-state index contributed by atoms with van der Waals surface area (Å²) in [6.45, 7) is 4.77. The molecule has 0 aliphatic heterocycles. The minimum Gasteiger partial charge on any atom is -0.338 e. The first-order valence-corrected chi connectivity index (χ1v) is 11.9. The number of hydrogen-bond acceptors (Lipinski definition) is 4. The molecule has 1 aliphatic carbocycles. The van der Waals surface area contributed by atoms with E-state index in [0.29, 0.717) is 17.1 Å². The van der Waals surface area contributed by atoms with Gasteiger partial charge in [0.25, 0.3) is 0 Å². The molecule has 1 aliphatic rings. The highest BCUT2D eigenvalue weighted by atomic mass is 19.1. The molecule has 0 unspecified atom stereocenters. The molecule has 3 amide bonds. The molecule has 3 aromatic rings. The van der Waals surface area contributed by atoms with Crippen molar-refractivity contribution < 1.29 is 18.4 Å². The predicted octanol–water partition coefficient (Wildman–Crippen LogP) is 5.87. The van der Waals surface area contributed by atoms with Gasteiger partial charge in [0.1, 0.15) is 23.6 Å². The van der Waals surface area contributed by atoms with Crippen LogP contribution in [0.25, 0.3) is 22.4 Å². The van der Waals surface area contributed by atoms with Crippen molar-refractivity contribution >= 4 is 23.4 Å². The second kappa shape index (κ2) is 10.4. The molecule has 188 valence electrons.